The average molecular weight is 372 g/mol. The van der Waals surface area contributed by atoms with E-state index in [4.69, 9.17) is 11.6 Å². The third-order valence-electron chi connectivity index (χ3n) is 2.81. The van der Waals surface area contributed by atoms with Crippen LogP contribution < -0.4 is 10.6 Å². The van der Waals surface area contributed by atoms with Crippen LogP contribution in [0.4, 0.5) is 5.82 Å². The van der Waals surface area contributed by atoms with Crippen molar-refractivity contribution in [2.75, 3.05) is 12.4 Å². The molecule has 0 bridgehead atoms. The van der Waals surface area contributed by atoms with Gasteiger partial charge in [0.25, 0.3) is 5.91 Å². The number of hydrogen-bond acceptors (Lipinski definition) is 3. The Morgan fingerprint density at radius 1 is 1.43 bits per heavy atom. The molecular weight excluding hydrogens is 360 g/mol. The molecule has 0 aliphatic carbocycles. The van der Waals surface area contributed by atoms with E-state index in [1.165, 1.54) is 7.05 Å². The number of amides is 2. The standard InChI is InChI=1S/C13H12BrClN4O2/c1-16-12(21)10-11(17-7-20)18-13(14)19(10)6-8-2-4-9(15)5-3-8/h2-5,7H,6H2,1H3,(H,16,21)(H,17,20). The van der Waals surface area contributed by atoms with Crippen molar-refractivity contribution in [1.29, 1.82) is 0 Å². The van der Waals surface area contributed by atoms with Crippen LogP contribution in [0.3, 0.4) is 0 Å². The van der Waals surface area contributed by atoms with Gasteiger partial charge in [0, 0.05) is 12.1 Å². The van der Waals surface area contributed by atoms with E-state index in [9.17, 15) is 9.59 Å². The second-order valence-corrected chi connectivity index (χ2v) is 5.28. The molecule has 1 aromatic carbocycles. The van der Waals surface area contributed by atoms with E-state index in [-0.39, 0.29) is 17.4 Å². The molecule has 110 valence electrons. The van der Waals surface area contributed by atoms with Crippen LogP contribution in [-0.4, -0.2) is 28.9 Å². The molecule has 8 heteroatoms. The molecule has 1 heterocycles. The Morgan fingerprint density at radius 3 is 2.67 bits per heavy atom. The lowest BCUT2D eigenvalue weighted by Crippen LogP contribution is -2.23. The van der Waals surface area contributed by atoms with Gasteiger partial charge in [-0.3, -0.25) is 9.59 Å². The van der Waals surface area contributed by atoms with Crippen molar-refractivity contribution in [2.24, 2.45) is 0 Å². The number of nitrogens with one attached hydrogen (secondary N) is 2. The van der Waals surface area contributed by atoms with Crippen molar-refractivity contribution < 1.29 is 9.59 Å². The predicted molar refractivity (Wildman–Crippen MR) is 83.6 cm³/mol. The molecule has 2 aromatic rings. The predicted octanol–water partition coefficient (Wildman–Crippen LogP) is 2.28. The zero-order valence-corrected chi connectivity index (χ0v) is 13.4. The molecule has 0 spiro atoms. The molecule has 0 atom stereocenters. The molecule has 0 radical (unpaired) electrons. The Balaban J connectivity index is 2.43. The third-order valence-corrected chi connectivity index (χ3v) is 3.67. The SMILES string of the molecule is CNC(=O)c1c(NC=O)nc(Br)n1Cc1ccc(Cl)cc1. The largest absolute Gasteiger partial charge is 0.354 e. The number of hydrogen-bond donors (Lipinski definition) is 2. The van der Waals surface area contributed by atoms with Crippen LogP contribution in [-0.2, 0) is 11.3 Å². The molecule has 1 aromatic heterocycles. The summed E-state index contributed by atoms with van der Waals surface area (Å²) in [6.07, 6.45) is 0.480. The summed E-state index contributed by atoms with van der Waals surface area (Å²) in [4.78, 5) is 26.8. The first-order chi connectivity index (χ1) is 10.1. The molecule has 6 nitrogen and oxygen atoms in total. The quantitative estimate of drug-likeness (QED) is 0.792. The highest BCUT2D eigenvalue weighted by molar-refractivity contribution is 9.10. The number of nitrogens with zero attached hydrogens (tertiary/aromatic N) is 2. The molecule has 0 aliphatic heterocycles. The first kappa shape index (κ1) is 15.5. The summed E-state index contributed by atoms with van der Waals surface area (Å²) in [6.45, 7) is 0.411. The first-order valence-electron chi connectivity index (χ1n) is 5.99. The van der Waals surface area contributed by atoms with Crippen LogP contribution in [0, 0.1) is 0 Å². The van der Waals surface area contributed by atoms with E-state index in [1.807, 2.05) is 12.1 Å². The number of rotatable bonds is 5. The Hall–Kier alpha value is -1.86. The number of carbonyl (C=O) groups excluding carboxylic acids is 2. The molecule has 2 N–H and O–H groups in total. The van der Waals surface area contributed by atoms with Crippen LogP contribution in [0.1, 0.15) is 16.1 Å². The summed E-state index contributed by atoms with van der Waals surface area (Å²) >= 11 is 9.15. The first-order valence-corrected chi connectivity index (χ1v) is 7.16. The van der Waals surface area contributed by atoms with Crippen LogP contribution in [0.25, 0.3) is 0 Å². The molecule has 0 unspecified atom stereocenters. The van der Waals surface area contributed by atoms with Crippen molar-refractivity contribution >= 4 is 45.7 Å². The fourth-order valence-corrected chi connectivity index (χ4v) is 2.45. The Labute approximate surface area is 134 Å². The van der Waals surface area contributed by atoms with Crippen molar-refractivity contribution in [3.05, 3.63) is 45.3 Å². The molecule has 0 saturated heterocycles. The molecule has 21 heavy (non-hydrogen) atoms. The lowest BCUT2D eigenvalue weighted by molar-refractivity contribution is -0.105. The van der Waals surface area contributed by atoms with E-state index in [0.29, 0.717) is 22.7 Å². The van der Waals surface area contributed by atoms with E-state index < -0.39 is 0 Å². The number of imidazole rings is 1. The summed E-state index contributed by atoms with van der Waals surface area (Å²) in [6, 6.07) is 7.25. The summed E-state index contributed by atoms with van der Waals surface area (Å²) < 4.78 is 2.11. The Kier molecular flexibility index (Phi) is 4.98. The van der Waals surface area contributed by atoms with Crippen LogP contribution in [0.15, 0.2) is 29.0 Å². The highest BCUT2D eigenvalue weighted by atomic mass is 79.9. The van der Waals surface area contributed by atoms with Crippen LogP contribution in [0.5, 0.6) is 0 Å². The minimum atomic E-state index is -0.341. The molecule has 2 rings (SSSR count). The Bertz CT molecular complexity index is 670. The van der Waals surface area contributed by atoms with Gasteiger partial charge in [0.15, 0.2) is 16.2 Å². The molecule has 0 aliphatic rings. The number of aromatic nitrogens is 2. The fraction of sp³-hybridized carbons (Fsp3) is 0.154. The van der Waals surface area contributed by atoms with Gasteiger partial charge in [-0.05, 0) is 33.6 Å². The van der Waals surface area contributed by atoms with E-state index in [0.717, 1.165) is 5.56 Å². The zero-order valence-electron chi connectivity index (χ0n) is 11.1. The Morgan fingerprint density at radius 2 is 2.10 bits per heavy atom. The molecular formula is C13H12BrClN4O2. The maximum absolute atomic E-state index is 12.0. The minimum Gasteiger partial charge on any atom is -0.354 e. The minimum absolute atomic E-state index is 0.199. The van der Waals surface area contributed by atoms with Gasteiger partial charge in [-0.2, -0.15) is 0 Å². The van der Waals surface area contributed by atoms with Crippen molar-refractivity contribution in [2.45, 2.75) is 6.54 Å². The molecule has 2 amide bonds. The van der Waals surface area contributed by atoms with E-state index >= 15 is 0 Å². The maximum Gasteiger partial charge on any atom is 0.271 e. The second kappa shape index (κ2) is 6.73. The highest BCUT2D eigenvalue weighted by Gasteiger charge is 2.21. The number of carbonyl (C=O) groups is 2. The zero-order chi connectivity index (χ0) is 15.4. The lowest BCUT2D eigenvalue weighted by atomic mass is 10.2. The second-order valence-electron chi connectivity index (χ2n) is 4.13. The number of anilines is 1. The van der Waals surface area contributed by atoms with E-state index in [1.54, 1.807) is 16.7 Å². The van der Waals surface area contributed by atoms with Gasteiger partial charge >= 0.3 is 0 Å². The third kappa shape index (κ3) is 3.43. The van der Waals surface area contributed by atoms with Crippen LogP contribution in [0.2, 0.25) is 5.02 Å². The fourth-order valence-electron chi connectivity index (χ4n) is 1.85. The van der Waals surface area contributed by atoms with Crippen molar-refractivity contribution in [3.8, 4) is 0 Å². The van der Waals surface area contributed by atoms with Gasteiger partial charge in [-0.1, -0.05) is 23.7 Å². The van der Waals surface area contributed by atoms with Crippen LogP contribution >= 0.6 is 27.5 Å². The monoisotopic (exact) mass is 370 g/mol. The topological polar surface area (TPSA) is 76.0 Å². The van der Waals surface area contributed by atoms with Crippen molar-refractivity contribution in [1.82, 2.24) is 14.9 Å². The van der Waals surface area contributed by atoms with Gasteiger partial charge < -0.3 is 15.2 Å². The van der Waals surface area contributed by atoms with E-state index in [2.05, 4.69) is 31.5 Å². The summed E-state index contributed by atoms with van der Waals surface area (Å²) in [5.41, 5.74) is 1.21. The highest BCUT2D eigenvalue weighted by Crippen LogP contribution is 2.23. The summed E-state index contributed by atoms with van der Waals surface area (Å²) in [5.74, 6) is -0.142. The van der Waals surface area contributed by atoms with Crippen molar-refractivity contribution in [3.63, 3.8) is 0 Å². The van der Waals surface area contributed by atoms with Gasteiger partial charge in [0.2, 0.25) is 6.41 Å². The summed E-state index contributed by atoms with van der Waals surface area (Å²) in [7, 11) is 1.51. The van der Waals surface area contributed by atoms with Gasteiger partial charge in [-0.15, -0.1) is 0 Å². The lowest BCUT2D eigenvalue weighted by Gasteiger charge is -2.09. The summed E-state index contributed by atoms with van der Waals surface area (Å²) in [5, 5.41) is 5.59. The average Bonchev–Trinajstić information content (AvgIpc) is 2.77. The number of benzene rings is 1. The number of halogens is 2. The smallest absolute Gasteiger partial charge is 0.271 e. The van der Waals surface area contributed by atoms with Gasteiger partial charge in [0.05, 0.1) is 6.54 Å². The molecule has 0 saturated carbocycles. The van der Waals surface area contributed by atoms with Gasteiger partial charge in [0.1, 0.15) is 0 Å². The van der Waals surface area contributed by atoms with Gasteiger partial charge in [-0.25, -0.2) is 4.98 Å². The maximum atomic E-state index is 12.0. The normalized spacial score (nSPS) is 10.2. The molecule has 0 fully saturated rings.